The summed E-state index contributed by atoms with van der Waals surface area (Å²) in [6.07, 6.45) is -5.58. The Balaban J connectivity index is 2.17. The minimum atomic E-state index is -4.44. The predicted molar refractivity (Wildman–Crippen MR) is 79.7 cm³/mol. The van der Waals surface area contributed by atoms with Gasteiger partial charge in [-0.2, -0.15) is 13.2 Å². The molecule has 0 heterocycles. The van der Waals surface area contributed by atoms with E-state index in [1.54, 1.807) is 0 Å². The lowest BCUT2D eigenvalue weighted by molar-refractivity contribution is -0.185. The average Bonchev–Trinajstić information content (AvgIpc) is 2.50. The summed E-state index contributed by atoms with van der Waals surface area (Å²) < 4.78 is 46.0. The second kappa shape index (κ2) is 9.52. The van der Waals surface area contributed by atoms with Crippen LogP contribution in [-0.4, -0.2) is 37.9 Å². The van der Waals surface area contributed by atoms with Crippen LogP contribution in [0.25, 0.3) is 0 Å². The molecule has 7 heteroatoms. The van der Waals surface area contributed by atoms with E-state index in [0.717, 1.165) is 5.56 Å². The highest BCUT2D eigenvalue weighted by Crippen LogP contribution is 2.15. The third-order valence-electron chi connectivity index (χ3n) is 3.00. The molecule has 1 aromatic carbocycles. The van der Waals surface area contributed by atoms with Crippen molar-refractivity contribution in [2.24, 2.45) is 5.92 Å². The fourth-order valence-corrected chi connectivity index (χ4v) is 1.72. The van der Waals surface area contributed by atoms with Crippen molar-refractivity contribution in [3.63, 3.8) is 0 Å². The first-order chi connectivity index (χ1) is 10.8. The highest BCUT2D eigenvalue weighted by atomic mass is 19.4. The summed E-state index contributed by atoms with van der Waals surface area (Å²) in [4.78, 5) is 11.6. The van der Waals surface area contributed by atoms with Gasteiger partial charge in [0.15, 0.2) is 0 Å². The van der Waals surface area contributed by atoms with Crippen LogP contribution in [0.3, 0.4) is 0 Å². The molecule has 2 atom stereocenters. The molecule has 1 rings (SSSR count). The quantitative estimate of drug-likeness (QED) is 0.756. The molecule has 2 unspecified atom stereocenters. The zero-order valence-corrected chi connectivity index (χ0v) is 13.2. The topological polar surface area (TPSA) is 47.6 Å². The molecule has 0 radical (unpaired) electrons. The fraction of sp³-hybridized carbons (Fsp3) is 0.562. The number of benzene rings is 1. The minimum absolute atomic E-state index is 0.0393. The van der Waals surface area contributed by atoms with Gasteiger partial charge >= 0.3 is 6.18 Å². The van der Waals surface area contributed by atoms with Gasteiger partial charge in [-0.15, -0.1) is 0 Å². The number of ether oxygens (including phenoxy) is 2. The zero-order chi connectivity index (χ0) is 17.3. The van der Waals surface area contributed by atoms with Crippen LogP contribution in [0.5, 0.6) is 0 Å². The highest BCUT2D eigenvalue weighted by Gasteiger charge is 2.29. The van der Waals surface area contributed by atoms with E-state index >= 15 is 0 Å². The van der Waals surface area contributed by atoms with Gasteiger partial charge in [-0.1, -0.05) is 37.3 Å². The Hall–Kier alpha value is -1.60. The molecular formula is C16H22F3NO3. The molecule has 0 aromatic heterocycles. The average molecular weight is 333 g/mol. The molecule has 1 amide bonds. The molecule has 0 aliphatic heterocycles. The largest absolute Gasteiger partial charge is 0.411 e. The normalized spacial score (nSPS) is 14.3. The van der Waals surface area contributed by atoms with Crippen molar-refractivity contribution in [1.82, 2.24) is 5.32 Å². The second-order valence-electron chi connectivity index (χ2n) is 5.42. The number of carbonyl (C=O) groups is 1. The number of nitrogens with one attached hydrogen (secondary N) is 1. The van der Waals surface area contributed by atoms with Crippen LogP contribution >= 0.6 is 0 Å². The first kappa shape index (κ1) is 19.4. The lowest BCUT2D eigenvalue weighted by atomic mass is 10.2. The first-order valence-electron chi connectivity index (χ1n) is 7.35. The number of amides is 1. The van der Waals surface area contributed by atoms with Crippen LogP contribution in [0.1, 0.15) is 19.4 Å². The van der Waals surface area contributed by atoms with Crippen molar-refractivity contribution in [1.29, 1.82) is 0 Å². The summed E-state index contributed by atoms with van der Waals surface area (Å²) in [5.74, 6) is -0.526. The van der Waals surface area contributed by atoms with Crippen molar-refractivity contribution in [2.75, 3.05) is 19.8 Å². The molecule has 0 aliphatic carbocycles. The van der Waals surface area contributed by atoms with E-state index < -0.39 is 24.8 Å². The third-order valence-corrected chi connectivity index (χ3v) is 3.00. The smallest absolute Gasteiger partial charge is 0.376 e. The van der Waals surface area contributed by atoms with Crippen LogP contribution in [0, 0.1) is 5.92 Å². The fourth-order valence-electron chi connectivity index (χ4n) is 1.72. The molecule has 0 saturated heterocycles. The number of hydrogen-bond donors (Lipinski definition) is 1. The van der Waals surface area contributed by atoms with Gasteiger partial charge < -0.3 is 14.8 Å². The van der Waals surface area contributed by atoms with Crippen molar-refractivity contribution >= 4 is 5.91 Å². The molecule has 23 heavy (non-hydrogen) atoms. The van der Waals surface area contributed by atoms with Crippen molar-refractivity contribution in [3.05, 3.63) is 35.9 Å². The van der Waals surface area contributed by atoms with Gasteiger partial charge in [0.25, 0.3) is 0 Å². The Morgan fingerprint density at radius 1 is 1.22 bits per heavy atom. The Morgan fingerprint density at radius 2 is 1.87 bits per heavy atom. The standard InChI is InChI=1S/C16H22F3NO3/c1-12(9-22-10-14-6-4-3-5-7-14)8-20-15(21)13(2)23-11-16(17,18)19/h3-7,12-13H,8-11H2,1-2H3,(H,20,21). The summed E-state index contributed by atoms with van der Waals surface area (Å²) >= 11 is 0. The van der Waals surface area contributed by atoms with Gasteiger partial charge in [0.2, 0.25) is 5.91 Å². The molecule has 0 aliphatic rings. The maximum Gasteiger partial charge on any atom is 0.411 e. The Labute approximate surface area is 134 Å². The van der Waals surface area contributed by atoms with Crippen LogP contribution < -0.4 is 5.32 Å². The van der Waals surface area contributed by atoms with Crippen LogP contribution in [-0.2, 0) is 20.9 Å². The summed E-state index contributed by atoms with van der Waals surface area (Å²) in [6, 6.07) is 9.66. The Kier molecular flexibility index (Phi) is 8.05. The van der Waals surface area contributed by atoms with Crippen LogP contribution in [0.15, 0.2) is 30.3 Å². The lowest BCUT2D eigenvalue weighted by Crippen LogP contribution is -2.39. The third kappa shape index (κ3) is 9.20. The second-order valence-corrected chi connectivity index (χ2v) is 5.42. The van der Waals surface area contributed by atoms with E-state index in [2.05, 4.69) is 10.1 Å². The molecule has 0 spiro atoms. The van der Waals surface area contributed by atoms with Crippen LogP contribution in [0.2, 0.25) is 0 Å². The molecule has 4 nitrogen and oxygen atoms in total. The van der Waals surface area contributed by atoms with Crippen molar-refractivity contribution < 1.29 is 27.4 Å². The van der Waals surface area contributed by atoms with Gasteiger partial charge in [-0.05, 0) is 18.4 Å². The number of carbonyl (C=O) groups excluding carboxylic acids is 1. The Morgan fingerprint density at radius 3 is 2.48 bits per heavy atom. The zero-order valence-electron chi connectivity index (χ0n) is 13.2. The number of hydrogen-bond acceptors (Lipinski definition) is 3. The molecular weight excluding hydrogens is 311 g/mol. The molecule has 0 bridgehead atoms. The first-order valence-corrected chi connectivity index (χ1v) is 7.35. The maximum absolute atomic E-state index is 12.0. The van der Waals surface area contributed by atoms with Gasteiger partial charge in [-0.3, -0.25) is 4.79 Å². The van der Waals surface area contributed by atoms with E-state index in [1.807, 2.05) is 37.3 Å². The number of alkyl halides is 3. The van der Waals surface area contributed by atoms with E-state index in [0.29, 0.717) is 19.8 Å². The van der Waals surface area contributed by atoms with Gasteiger partial charge in [0.1, 0.15) is 12.7 Å². The number of halogens is 3. The maximum atomic E-state index is 12.0. The van der Waals surface area contributed by atoms with Gasteiger partial charge in [0.05, 0.1) is 13.2 Å². The molecule has 0 saturated carbocycles. The Bertz CT molecular complexity index is 465. The van der Waals surface area contributed by atoms with Crippen molar-refractivity contribution in [2.45, 2.75) is 32.7 Å². The van der Waals surface area contributed by atoms with Gasteiger partial charge in [0, 0.05) is 6.54 Å². The van der Waals surface area contributed by atoms with E-state index in [1.165, 1.54) is 6.92 Å². The summed E-state index contributed by atoms with van der Waals surface area (Å²) in [6.45, 7) is 2.96. The summed E-state index contributed by atoms with van der Waals surface area (Å²) in [7, 11) is 0. The molecule has 1 aromatic rings. The van der Waals surface area contributed by atoms with E-state index in [9.17, 15) is 18.0 Å². The molecule has 130 valence electrons. The van der Waals surface area contributed by atoms with E-state index in [4.69, 9.17) is 4.74 Å². The summed E-state index contributed by atoms with van der Waals surface area (Å²) in [5, 5.41) is 2.56. The van der Waals surface area contributed by atoms with Gasteiger partial charge in [-0.25, -0.2) is 0 Å². The monoisotopic (exact) mass is 333 g/mol. The molecule has 1 N–H and O–H groups in total. The SMILES string of the molecule is CC(CNC(=O)C(C)OCC(F)(F)F)COCc1ccccc1. The predicted octanol–water partition coefficient (Wildman–Crippen LogP) is 2.92. The highest BCUT2D eigenvalue weighted by molar-refractivity contribution is 5.80. The van der Waals surface area contributed by atoms with Crippen LogP contribution in [0.4, 0.5) is 13.2 Å². The molecule has 0 fully saturated rings. The van der Waals surface area contributed by atoms with E-state index in [-0.39, 0.29) is 5.92 Å². The van der Waals surface area contributed by atoms with Crippen molar-refractivity contribution in [3.8, 4) is 0 Å². The summed E-state index contributed by atoms with van der Waals surface area (Å²) in [5.41, 5.74) is 1.05. The number of rotatable bonds is 9. The minimum Gasteiger partial charge on any atom is -0.376 e. The lowest BCUT2D eigenvalue weighted by Gasteiger charge is -2.17.